The van der Waals surface area contributed by atoms with Crippen molar-refractivity contribution in [3.05, 3.63) is 81.7 Å². The van der Waals surface area contributed by atoms with Crippen molar-refractivity contribution in [2.24, 2.45) is 5.14 Å². The molecule has 1 saturated heterocycles. The smallest absolute Gasteiger partial charge is 0.257 e. The van der Waals surface area contributed by atoms with Crippen LogP contribution in [0.1, 0.15) is 34.7 Å². The Morgan fingerprint density at radius 1 is 1.06 bits per heavy atom. The van der Waals surface area contributed by atoms with Crippen molar-refractivity contribution in [1.82, 2.24) is 9.88 Å². The van der Waals surface area contributed by atoms with E-state index in [1.807, 2.05) is 0 Å². The molecule has 1 fully saturated rings. The number of piperidine rings is 1. The Labute approximate surface area is 206 Å². The summed E-state index contributed by atoms with van der Waals surface area (Å²) in [5.74, 6) is -0.371. The van der Waals surface area contributed by atoms with Crippen LogP contribution in [0.25, 0.3) is 0 Å². The monoisotopic (exact) mass is 522 g/mol. The molecule has 1 aliphatic rings. The third-order valence-corrected chi connectivity index (χ3v) is 7.08. The Hall–Kier alpha value is -2.72. The van der Waals surface area contributed by atoms with Gasteiger partial charge in [0.2, 0.25) is 0 Å². The molecule has 1 aliphatic heterocycles. The molecule has 0 radical (unpaired) electrons. The Morgan fingerprint density at radius 3 is 2.35 bits per heavy atom. The Kier molecular flexibility index (Phi) is 7.09. The second-order valence-electron chi connectivity index (χ2n) is 7.98. The fourth-order valence-corrected chi connectivity index (χ4v) is 4.86. The number of aromatic nitrogens is 1. The fraction of sp³-hybridized carbons (Fsp3) is 0.217. The molecule has 0 saturated carbocycles. The predicted octanol–water partition coefficient (Wildman–Crippen LogP) is 4.94. The van der Waals surface area contributed by atoms with Crippen LogP contribution >= 0.6 is 23.2 Å². The molecule has 2 heterocycles. The van der Waals surface area contributed by atoms with Crippen LogP contribution in [0.3, 0.4) is 0 Å². The molecular formula is C23H21Cl2FN4O3S. The summed E-state index contributed by atoms with van der Waals surface area (Å²) in [6.45, 7) is 0.970. The number of primary sulfonamides is 1. The predicted molar refractivity (Wildman–Crippen MR) is 130 cm³/mol. The molecule has 4 rings (SSSR count). The lowest BCUT2D eigenvalue weighted by Gasteiger charge is -2.32. The summed E-state index contributed by atoms with van der Waals surface area (Å²) in [5, 5.41) is 8.58. The summed E-state index contributed by atoms with van der Waals surface area (Å²) in [4.78, 5) is 18.9. The number of likely N-dealkylation sites (tertiary alicyclic amines) is 1. The molecule has 0 atom stereocenters. The van der Waals surface area contributed by atoms with E-state index >= 15 is 0 Å². The van der Waals surface area contributed by atoms with Crippen molar-refractivity contribution in [2.75, 3.05) is 18.4 Å². The highest BCUT2D eigenvalue weighted by molar-refractivity contribution is 7.89. The van der Waals surface area contributed by atoms with Gasteiger partial charge in [0.25, 0.3) is 15.9 Å². The Bertz CT molecular complexity index is 1330. The van der Waals surface area contributed by atoms with E-state index < -0.39 is 10.0 Å². The third-order valence-electron chi connectivity index (χ3n) is 5.72. The first-order chi connectivity index (χ1) is 16.1. The van der Waals surface area contributed by atoms with Gasteiger partial charge >= 0.3 is 0 Å². The lowest BCUT2D eigenvalue weighted by Crippen LogP contribution is -2.38. The van der Waals surface area contributed by atoms with Crippen molar-refractivity contribution in [3.63, 3.8) is 0 Å². The third kappa shape index (κ3) is 5.50. The lowest BCUT2D eigenvalue weighted by molar-refractivity contribution is 0.0713. The van der Waals surface area contributed by atoms with Gasteiger partial charge in [-0.25, -0.2) is 22.9 Å². The number of sulfonamides is 1. The van der Waals surface area contributed by atoms with Gasteiger partial charge in [-0.05, 0) is 54.7 Å². The van der Waals surface area contributed by atoms with Crippen LogP contribution in [0.4, 0.5) is 15.8 Å². The number of carbonyl (C=O) groups is 1. The summed E-state index contributed by atoms with van der Waals surface area (Å²) >= 11 is 12.2. The fourth-order valence-electron chi connectivity index (χ4n) is 3.92. The maximum Gasteiger partial charge on any atom is 0.257 e. The first kappa shape index (κ1) is 24.4. The van der Waals surface area contributed by atoms with Crippen LogP contribution in [0.5, 0.6) is 0 Å². The molecule has 0 unspecified atom stereocenters. The van der Waals surface area contributed by atoms with Gasteiger partial charge in [0.15, 0.2) is 5.03 Å². The average Bonchev–Trinajstić information content (AvgIpc) is 2.80. The van der Waals surface area contributed by atoms with Crippen molar-refractivity contribution < 1.29 is 17.6 Å². The van der Waals surface area contributed by atoms with E-state index in [4.69, 9.17) is 28.3 Å². The molecule has 34 heavy (non-hydrogen) atoms. The minimum absolute atomic E-state index is 0.179. The molecule has 3 N–H and O–H groups in total. The number of nitrogens with zero attached hydrogens (tertiary/aromatic N) is 2. The zero-order valence-electron chi connectivity index (χ0n) is 17.8. The second kappa shape index (κ2) is 9.87. The van der Waals surface area contributed by atoms with Crippen LogP contribution in [0.15, 0.2) is 59.8 Å². The van der Waals surface area contributed by atoms with Gasteiger partial charge in [0.1, 0.15) is 5.82 Å². The second-order valence-corrected chi connectivity index (χ2v) is 10.3. The van der Waals surface area contributed by atoms with Crippen LogP contribution in [0, 0.1) is 5.82 Å². The van der Waals surface area contributed by atoms with Crippen LogP contribution in [-0.2, 0) is 10.0 Å². The van der Waals surface area contributed by atoms with Gasteiger partial charge in [-0.3, -0.25) is 4.79 Å². The van der Waals surface area contributed by atoms with Crippen LogP contribution in [0.2, 0.25) is 10.0 Å². The molecule has 1 amide bonds. The summed E-state index contributed by atoms with van der Waals surface area (Å²) in [7, 11) is -4.10. The minimum atomic E-state index is -4.10. The first-order valence-corrected chi connectivity index (χ1v) is 12.7. The molecule has 3 aromatic rings. The number of nitrogens with two attached hydrogens (primary N) is 1. The SMILES string of the molecule is NS(=O)(=O)c1cc(Nc2ccc(Cl)cc2Cl)c(C(=O)N2CCC(c3ccc(F)cc3)CC2)cn1. The van der Waals surface area contributed by atoms with E-state index in [1.165, 1.54) is 30.5 Å². The number of benzene rings is 2. The lowest BCUT2D eigenvalue weighted by atomic mass is 9.89. The van der Waals surface area contributed by atoms with E-state index in [-0.39, 0.29) is 33.9 Å². The van der Waals surface area contributed by atoms with Gasteiger partial charge in [-0.2, -0.15) is 0 Å². The first-order valence-electron chi connectivity index (χ1n) is 10.4. The largest absolute Gasteiger partial charge is 0.354 e. The highest BCUT2D eigenvalue weighted by Gasteiger charge is 2.27. The number of carbonyl (C=O) groups excluding carboxylic acids is 1. The number of nitrogens with one attached hydrogen (secondary N) is 1. The Balaban J connectivity index is 1.58. The van der Waals surface area contributed by atoms with Crippen molar-refractivity contribution in [2.45, 2.75) is 23.8 Å². The summed E-state index contributed by atoms with van der Waals surface area (Å²) in [5.41, 5.74) is 1.85. The molecule has 0 spiro atoms. The topological polar surface area (TPSA) is 105 Å². The van der Waals surface area contributed by atoms with Gasteiger partial charge in [-0.1, -0.05) is 35.3 Å². The quantitative estimate of drug-likeness (QED) is 0.493. The van der Waals surface area contributed by atoms with E-state index in [0.717, 1.165) is 5.56 Å². The normalized spacial score (nSPS) is 14.8. The zero-order valence-corrected chi connectivity index (χ0v) is 20.2. The highest BCUT2D eigenvalue weighted by Crippen LogP contribution is 2.33. The number of halogens is 3. The van der Waals surface area contributed by atoms with E-state index in [1.54, 1.807) is 29.2 Å². The molecule has 1 aromatic heterocycles. The number of amides is 1. The summed E-state index contributed by atoms with van der Waals surface area (Å²) in [6.07, 6.45) is 2.62. The van der Waals surface area contributed by atoms with Crippen LogP contribution in [-0.4, -0.2) is 37.3 Å². The van der Waals surface area contributed by atoms with E-state index in [0.29, 0.717) is 41.7 Å². The zero-order chi connectivity index (χ0) is 24.5. The number of anilines is 2. The summed E-state index contributed by atoms with van der Waals surface area (Å²) < 4.78 is 36.9. The maximum absolute atomic E-state index is 13.4. The molecule has 178 valence electrons. The van der Waals surface area contributed by atoms with Crippen LogP contribution < -0.4 is 10.5 Å². The number of hydrogen-bond acceptors (Lipinski definition) is 5. The molecular weight excluding hydrogens is 502 g/mol. The molecule has 7 nitrogen and oxygen atoms in total. The Morgan fingerprint density at radius 2 is 1.74 bits per heavy atom. The summed E-state index contributed by atoms with van der Waals surface area (Å²) in [6, 6.07) is 12.4. The van der Waals surface area contributed by atoms with E-state index in [2.05, 4.69) is 10.3 Å². The number of pyridine rings is 1. The number of rotatable bonds is 5. The highest BCUT2D eigenvalue weighted by atomic mass is 35.5. The van der Waals surface area contributed by atoms with Gasteiger partial charge in [-0.15, -0.1) is 0 Å². The number of hydrogen-bond donors (Lipinski definition) is 2. The average molecular weight is 523 g/mol. The van der Waals surface area contributed by atoms with Crippen molar-refractivity contribution in [1.29, 1.82) is 0 Å². The molecule has 2 aromatic carbocycles. The van der Waals surface area contributed by atoms with Gasteiger partial charge in [0.05, 0.1) is 22.0 Å². The molecule has 0 aliphatic carbocycles. The van der Waals surface area contributed by atoms with E-state index in [9.17, 15) is 17.6 Å². The molecule has 0 bridgehead atoms. The molecule has 11 heteroatoms. The van der Waals surface area contributed by atoms with Crippen molar-refractivity contribution >= 4 is 50.5 Å². The van der Waals surface area contributed by atoms with Gasteiger partial charge < -0.3 is 10.2 Å². The minimum Gasteiger partial charge on any atom is -0.354 e. The van der Waals surface area contributed by atoms with Crippen molar-refractivity contribution in [3.8, 4) is 0 Å². The van der Waals surface area contributed by atoms with Gasteiger partial charge in [0, 0.05) is 30.4 Å². The standard InChI is InChI=1S/C23H21Cl2FN4O3S/c24-16-3-6-20(19(25)11-16)29-21-12-22(34(27,32)33)28-13-18(21)23(31)30-9-7-15(8-10-30)14-1-4-17(26)5-2-14/h1-6,11-13,15H,7-10H2,(H,28,29)(H2,27,32,33). The maximum atomic E-state index is 13.4.